The number of hydrogen-bond donors (Lipinski definition) is 1. The van der Waals surface area contributed by atoms with Crippen molar-refractivity contribution in [3.63, 3.8) is 0 Å². The van der Waals surface area contributed by atoms with Gasteiger partial charge in [0.05, 0.1) is 5.69 Å². The highest BCUT2D eigenvalue weighted by molar-refractivity contribution is 7.15. The number of pyridine rings is 1. The molecule has 1 N–H and O–H groups in total. The van der Waals surface area contributed by atoms with Gasteiger partial charge in [-0.05, 0) is 30.7 Å². The third kappa shape index (κ3) is 4.37. The maximum atomic E-state index is 13.0. The molecule has 33 heavy (non-hydrogen) atoms. The van der Waals surface area contributed by atoms with Crippen LogP contribution in [-0.2, 0) is 6.54 Å². The molecular weight excluding hydrogens is 438 g/mol. The lowest BCUT2D eigenvalue weighted by Gasteiger charge is -2.34. The lowest BCUT2D eigenvalue weighted by atomic mass is 10.1. The van der Waals surface area contributed by atoms with Crippen LogP contribution in [0.4, 0.5) is 0 Å². The zero-order valence-electron chi connectivity index (χ0n) is 18.2. The van der Waals surface area contributed by atoms with E-state index in [0.29, 0.717) is 43.4 Å². The van der Waals surface area contributed by atoms with Gasteiger partial charge in [0, 0.05) is 56.1 Å². The fraction of sp³-hybridized carbons (Fsp3) is 0.250. The number of carbonyl (C=O) groups excluding carboxylic acids is 1. The number of aryl methyl sites for hydroxylation is 1. The fourth-order valence-electron chi connectivity index (χ4n) is 4.10. The van der Waals surface area contributed by atoms with E-state index in [1.54, 1.807) is 29.3 Å². The third-order valence-electron chi connectivity index (χ3n) is 5.87. The summed E-state index contributed by atoms with van der Waals surface area (Å²) < 4.78 is 1.53. The summed E-state index contributed by atoms with van der Waals surface area (Å²) >= 11 is 1.43. The predicted molar refractivity (Wildman–Crippen MR) is 128 cm³/mol. The zero-order chi connectivity index (χ0) is 22.9. The van der Waals surface area contributed by atoms with Crippen LogP contribution in [0.15, 0.2) is 63.6 Å². The van der Waals surface area contributed by atoms with Crippen LogP contribution in [-0.4, -0.2) is 56.3 Å². The van der Waals surface area contributed by atoms with E-state index >= 15 is 0 Å². The van der Waals surface area contributed by atoms with Crippen LogP contribution >= 0.6 is 11.3 Å². The van der Waals surface area contributed by atoms with Crippen molar-refractivity contribution in [2.24, 2.45) is 0 Å². The molecule has 0 radical (unpaired) electrons. The standard InChI is InChI=1S/C24H23N5O3S/c1-16-3-2-4-17(13-16)20-6-5-19(22(31)26-20)23(32)28-9-7-27(8-10-28)15-18-14-21(30)29-11-12-33-24(29)25-18/h2-6,11-14H,7-10,15H2,1H3,(H,26,31). The number of hydrogen-bond acceptors (Lipinski definition) is 6. The second-order valence-corrected chi connectivity index (χ2v) is 9.07. The number of amides is 1. The number of rotatable bonds is 4. The summed E-state index contributed by atoms with van der Waals surface area (Å²) in [7, 11) is 0. The van der Waals surface area contributed by atoms with Crippen LogP contribution < -0.4 is 11.1 Å². The SMILES string of the molecule is Cc1cccc(-c2ccc(C(=O)N3CCN(Cc4cc(=O)n5ccsc5n4)CC3)c(=O)[nH]2)c1. The van der Waals surface area contributed by atoms with Gasteiger partial charge in [-0.1, -0.05) is 23.8 Å². The Kier molecular flexibility index (Phi) is 5.65. The molecule has 4 aromatic rings. The van der Waals surface area contributed by atoms with Crippen molar-refractivity contribution in [2.45, 2.75) is 13.5 Å². The van der Waals surface area contributed by atoms with Gasteiger partial charge in [0.2, 0.25) is 0 Å². The normalized spacial score (nSPS) is 14.6. The Balaban J connectivity index is 1.24. The summed E-state index contributed by atoms with van der Waals surface area (Å²) in [6.45, 7) is 4.87. The maximum absolute atomic E-state index is 13.0. The maximum Gasteiger partial charge on any atom is 0.261 e. The number of aromatic nitrogens is 3. The van der Waals surface area contributed by atoms with Crippen molar-refractivity contribution >= 4 is 22.2 Å². The number of H-pyrrole nitrogens is 1. The average molecular weight is 462 g/mol. The Morgan fingerprint density at radius 1 is 1.09 bits per heavy atom. The lowest BCUT2D eigenvalue weighted by molar-refractivity contribution is 0.0625. The molecule has 1 amide bonds. The Morgan fingerprint density at radius 2 is 1.91 bits per heavy atom. The molecule has 8 nitrogen and oxygen atoms in total. The van der Waals surface area contributed by atoms with Gasteiger partial charge >= 0.3 is 0 Å². The summed E-state index contributed by atoms with van der Waals surface area (Å²) in [6.07, 6.45) is 1.72. The molecule has 1 aliphatic heterocycles. The third-order valence-corrected chi connectivity index (χ3v) is 6.63. The summed E-state index contributed by atoms with van der Waals surface area (Å²) in [5, 5.41) is 1.84. The molecule has 1 aliphatic rings. The molecule has 1 aromatic carbocycles. The van der Waals surface area contributed by atoms with Gasteiger partial charge in [0.1, 0.15) is 5.56 Å². The average Bonchev–Trinajstić information content (AvgIpc) is 3.28. The molecule has 5 rings (SSSR count). The molecule has 0 spiro atoms. The number of carbonyl (C=O) groups is 1. The first-order valence-electron chi connectivity index (χ1n) is 10.8. The molecule has 0 aliphatic carbocycles. The number of benzene rings is 1. The quantitative estimate of drug-likeness (QED) is 0.504. The zero-order valence-corrected chi connectivity index (χ0v) is 19.0. The first kappa shape index (κ1) is 21.3. The van der Waals surface area contributed by atoms with Crippen LogP contribution in [0.3, 0.4) is 0 Å². The predicted octanol–water partition coefficient (Wildman–Crippen LogP) is 2.38. The minimum atomic E-state index is -0.379. The second kappa shape index (κ2) is 8.76. The summed E-state index contributed by atoms with van der Waals surface area (Å²) in [5.41, 5.74) is 3.11. The monoisotopic (exact) mass is 461 g/mol. The van der Waals surface area contributed by atoms with E-state index in [-0.39, 0.29) is 22.6 Å². The number of aromatic amines is 1. The topological polar surface area (TPSA) is 90.8 Å². The van der Waals surface area contributed by atoms with Crippen LogP contribution in [0.1, 0.15) is 21.6 Å². The Bertz CT molecular complexity index is 1450. The molecule has 0 bridgehead atoms. The number of thiazole rings is 1. The van der Waals surface area contributed by atoms with E-state index in [2.05, 4.69) is 14.9 Å². The number of nitrogens with zero attached hydrogens (tertiary/aromatic N) is 4. The van der Waals surface area contributed by atoms with Crippen LogP contribution in [0.2, 0.25) is 0 Å². The van der Waals surface area contributed by atoms with Crippen LogP contribution in [0.5, 0.6) is 0 Å². The van der Waals surface area contributed by atoms with E-state index in [4.69, 9.17) is 0 Å². The van der Waals surface area contributed by atoms with E-state index in [1.165, 1.54) is 15.7 Å². The Labute approximate surface area is 193 Å². The van der Waals surface area contributed by atoms with Crippen LogP contribution in [0.25, 0.3) is 16.2 Å². The van der Waals surface area contributed by atoms with Gasteiger partial charge in [-0.15, -0.1) is 11.3 Å². The van der Waals surface area contributed by atoms with Gasteiger partial charge < -0.3 is 9.88 Å². The molecule has 9 heteroatoms. The number of piperazine rings is 1. The molecule has 168 valence electrons. The van der Waals surface area contributed by atoms with Gasteiger partial charge in [-0.3, -0.25) is 23.7 Å². The summed E-state index contributed by atoms with van der Waals surface area (Å²) in [6, 6.07) is 12.8. The minimum Gasteiger partial charge on any atom is -0.336 e. The molecule has 0 atom stereocenters. The summed E-state index contributed by atoms with van der Waals surface area (Å²) in [5.74, 6) is -0.261. The highest BCUT2D eigenvalue weighted by Gasteiger charge is 2.24. The molecule has 1 saturated heterocycles. The lowest BCUT2D eigenvalue weighted by Crippen LogP contribution is -2.49. The molecular formula is C24H23N5O3S. The minimum absolute atomic E-state index is 0.0848. The molecule has 3 aromatic heterocycles. The van der Waals surface area contributed by atoms with Crippen LogP contribution in [0, 0.1) is 6.92 Å². The van der Waals surface area contributed by atoms with Crippen molar-refractivity contribution in [1.29, 1.82) is 0 Å². The Morgan fingerprint density at radius 3 is 2.67 bits per heavy atom. The molecule has 0 unspecified atom stereocenters. The van der Waals surface area contributed by atoms with E-state index in [0.717, 1.165) is 16.8 Å². The Hall–Kier alpha value is -3.56. The highest BCUT2D eigenvalue weighted by atomic mass is 32.1. The summed E-state index contributed by atoms with van der Waals surface area (Å²) in [4.78, 5) is 49.8. The van der Waals surface area contributed by atoms with Crippen molar-refractivity contribution < 1.29 is 4.79 Å². The second-order valence-electron chi connectivity index (χ2n) is 8.19. The number of fused-ring (bicyclic) bond motifs is 1. The van der Waals surface area contributed by atoms with Crippen molar-refractivity contribution in [3.8, 4) is 11.3 Å². The van der Waals surface area contributed by atoms with Gasteiger partial charge in [0.25, 0.3) is 17.0 Å². The van der Waals surface area contributed by atoms with Crippen molar-refractivity contribution in [3.05, 3.63) is 91.6 Å². The van der Waals surface area contributed by atoms with Gasteiger partial charge in [-0.25, -0.2) is 4.98 Å². The fourth-order valence-corrected chi connectivity index (χ4v) is 4.84. The van der Waals surface area contributed by atoms with E-state index in [1.807, 2.05) is 36.6 Å². The largest absolute Gasteiger partial charge is 0.336 e. The van der Waals surface area contributed by atoms with E-state index < -0.39 is 0 Å². The first-order valence-corrected chi connectivity index (χ1v) is 11.6. The first-order chi connectivity index (χ1) is 16.0. The highest BCUT2D eigenvalue weighted by Crippen LogP contribution is 2.18. The molecule has 1 fully saturated rings. The van der Waals surface area contributed by atoms with Gasteiger partial charge in [-0.2, -0.15) is 0 Å². The molecule has 4 heterocycles. The smallest absolute Gasteiger partial charge is 0.261 e. The molecule has 0 saturated carbocycles. The van der Waals surface area contributed by atoms with E-state index in [9.17, 15) is 14.4 Å². The van der Waals surface area contributed by atoms with Crippen molar-refractivity contribution in [1.82, 2.24) is 24.2 Å². The van der Waals surface area contributed by atoms with Crippen molar-refractivity contribution in [2.75, 3.05) is 26.2 Å². The van der Waals surface area contributed by atoms with Gasteiger partial charge in [0.15, 0.2) is 4.96 Å². The number of nitrogens with one attached hydrogen (secondary N) is 1.